The number of hydrazone groups is 1. The van der Waals surface area contributed by atoms with Gasteiger partial charge in [0, 0.05) is 0 Å². The largest absolute Gasteiger partial charge is 0.489 e. The second-order valence-electron chi connectivity index (χ2n) is 6.50. The number of rotatable bonds is 7. The van der Waals surface area contributed by atoms with Gasteiger partial charge in [0.1, 0.15) is 18.9 Å². The SMILES string of the molecule is O=C(Cn1cnc2ccccc21)N/N=C/c1ccc(OCc2ccccc2)cc1. The van der Waals surface area contributed by atoms with Crippen LogP contribution in [0.5, 0.6) is 5.75 Å². The Balaban J connectivity index is 1.28. The number of ether oxygens (including phenoxy) is 1. The van der Waals surface area contributed by atoms with Gasteiger partial charge in [-0.15, -0.1) is 0 Å². The van der Waals surface area contributed by atoms with E-state index in [1.54, 1.807) is 17.1 Å². The van der Waals surface area contributed by atoms with Gasteiger partial charge in [0.05, 0.1) is 23.6 Å². The quantitative estimate of drug-likeness (QED) is 0.390. The number of benzene rings is 3. The fraction of sp³-hybridized carbons (Fsp3) is 0.0870. The summed E-state index contributed by atoms with van der Waals surface area (Å²) in [5, 5.41) is 4.03. The standard InChI is InChI=1S/C23H20N4O2/c28-23(15-27-17-24-21-8-4-5-9-22(21)27)26-25-14-18-10-12-20(13-11-18)29-16-19-6-2-1-3-7-19/h1-14,17H,15-16H2,(H,26,28)/b25-14+. The van der Waals surface area contributed by atoms with Crippen LogP contribution in [0.3, 0.4) is 0 Å². The zero-order valence-electron chi connectivity index (χ0n) is 15.7. The first-order valence-electron chi connectivity index (χ1n) is 9.26. The van der Waals surface area contributed by atoms with Gasteiger partial charge in [-0.25, -0.2) is 10.4 Å². The van der Waals surface area contributed by atoms with Crippen molar-refractivity contribution in [2.45, 2.75) is 13.2 Å². The molecule has 0 radical (unpaired) electrons. The molecule has 0 bridgehead atoms. The molecule has 144 valence electrons. The molecular formula is C23H20N4O2. The van der Waals surface area contributed by atoms with E-state index < -0.39 is 0 Å². The zero-order valence-corrected chi connectivity index (χ0v) is 15.7. The van der Waals surface area contributed by atoms with Crippen LogP contribution < -0.4 is 10.2 Å². The van der Waals surface area contributed by atoms with Gasteiger partial charge in [0.15, 0.2) is 0 Å². The molecule has 4 rings (SSSR count). The number of fused-ring (bicyclic) bond motifs is 1. The topological polar surface area (TPSA) is 68.5 Å². The lowest BCUT2D eigenvalue weighted by molar-refractivity contribution is -0.121. The number of carbonyl (C=O) groups is 1. The van der Waals surface area contributed by atoms with Crippen LogP contribution in [0.2, 0.25) is 0 Å². The molecule has 29 heavy (non-hydrogen) atoms. The van der Waals surface area contributed by atoms with Gasteiger partial charge in [0.25, 0.3) is 5.91 Å². The number of aromatic nitrogens is 2. The van der Waals surface area contributed by atoms with E-state index in [9.17, 15) is 4.79 Å². The van der Waals surface area contributed by atoms with E-state index in [1.165, 1.54) is 0 Å². The van der Waals surface area contributed by atoms with Gasteiger partial charge in [-0.05, 0) is 47.5 Å². The molecule has 1 heterocycles. The monoisotopic (exact) mass is 384 g/mol. The molecule has 6 heteroatoms. The Kier molecular flexibility index (Phi) is 5.62. The lowest BCUT2D eigenvalue weighted by Gasteiger charge is -2.06. The number of nitrogens with one attached hydrogen (secondary N) is 1. The minimum absolute atomic E-state index is 0.157. The highest BCUT2D eigenvalue weighted by Crippen LogP contribution is 2.14. The summed E-state index contributed by atoms with van der Waals surface area (Å²) >= 11 is 0. The first-order valence-corrected chi connectivity index (χ1v) is 9.26. The Morgan fingerprint density at radius 2 is 1.76 bits per heavy atom. The molecule has 1 N–H and O–H groups in total. The van der Waals surface area contributed by atoms with Crippen LogP contribution in [0.1, 0.15) is 11.1 Å². The molecule has 4 aromatic rings. The number of carbonyl (C=O) groups excluding carboxylic acids is 1. The normalized spacial score (nSPS) is 11.0. The second-order valence-corrected chi connectivity index (χ2v) is 6.50. The summed E-state index contributed by atoms with van der Waals surface area (Å²) in [4.78, 5) is 16.4. The molecule has 0 aliphatic rings. The summed E-state index contributed by atoms with van der Waals surface area (Å²) in [6, 6.07) is 25.2. The average Bonchev–Trinajstić information content (AvgIpc) is 3.17. The van der Waals surface area contributed by atoms with Gasteiger partial charge < -0.3 is 9.30 Å². The van der Waals surface area contributed by atoms with Crippen LogP contribution >= 0.6 is 0 Å². The summed E-state index contributed by atoms with van der Waals surface area (Å²) in [6.07, 6.45) is 3.26. The molecule has 0 fully saturated rings. The van der Waals surface area contributed by atoms with E-state index in [2.05, 4.69) is 15.5 Å². The van der Waals surface area contributed by atoms with Crippen LogP contribution in [0.25, 0.3) is 11.0 Å². The lowest BCUT2D eigenvalue weighted by Crippen LogP contribution is -2.22. The number of nitrogens with zero attached hydrogens (tertiary/aromatic N) is 3. The maximum Gasteiger partial charge on any atom is 0.260 e. The van der Waals surface area contributed by atoms with Gasteiger partial charge in [0.2, 0.25) is 0 Å². The molecule has 1 amide bonds. The third kappa shape index (κ3) is 4.87. The highest BCUT2D eigenvalue weighted by atomic mass is 16.5. The molecule has 0 aliphatic heterocycles. The van der Waals surface area contributed by atoms with Crippen LogP contribution in [0.4, 0.5) is 0 Å². The summed E-state index contributed by atoms with van der Waals surface area (Å²) in [5.74, 6) is 0.564. The summed E-state index contributed by atoms with van der Waals surface area (Å²) < 4.78 is 7.55. The van der Waals surface area contributed by atoms with Gasteiger partial charge >= 0.3 is 0 Å². The number of imidazole rings is 1. The van der Waals surface area contributed by atoms with E-state index in [0.717, 1.165) is 27.9 Å². The van der Waals surface area contributed by atoms with Crippen molar-refractivity contribution in [3.8, 4) is 5.75 Å². The van der Waals surface area contributed by atoms with Crippen LogP contribution in [0, 0.1) is 0 Å². The van der Waals surface area contributed by atoms with Crippen molar-refractivity contribution < 1.29 is 9.53 Å². The number of hydrogen-bond acceptors (Lipinski definition) is 4. The smallest absolute Gasteiger partial charge is 0.260 e. The highest BCUT2D eigenvalue weighted by molar-refractivity contribution is 5.83. The summed E-state index contributed by atoms with van der Waals surface area (Å²) in [6.45, 7) is 0.678. The van der Waals surface area contributed by atoms with Crippen molar-refractivity contribution >= 4 is 23.2 Å². The Morgan fingerprint density at radius 1 is 1.00 bits per heavy atom. The fourth-order valence-electron chi connectivity index (χ4n) is 2.90. The first kappa shape index (κ1) is 18.4. The van der Waals surface area contributed by atoms with Crippen molar-refractivity contribution in [2.75, 3.05) is 0 Å². The fourth-order valence-corrected chi connectivity index (χ4v) is 2.90. The number of para-hydroxylation sites is 2. The number of amides is 1. The highest BCUT2D eigenvalue weighted by Gasteiger charge is 2.05. The Hall–Kier alpha value is -3.93. The third-order valence-corrected chi connectivity index (χ3v) is 4.37. The summed E-state index contributed by atoms with van der Waals surface area (Å²) in [7, 11) is 0. The lowest BCUT2D eigenvalue weighted by atomic mass is 10.2. The Labute approximate surface area is 168 Å². The molecule has 0 saturated carbocycles. The van der Waals surface area contributed by atoms with E-state index >= 15 is 0 Å². The molecule has 0 aliphatic carbocycles. The molecule has 0 atom stereocenters. The van der Waals surface area contributed by atoms with Crippen molar-refractivity contribution in [1.29, 1.82) is 0 Å². The molecule has 0 saturated heterocycles. The Bertz CT molecular complexity index is 1120. The maximum atomic E-state index is 12.1. The van der Waals surface area contributed by atoms with Gasteiger partial charge in [-0.1, -0.05) is 42.5 Å². The van der Waals surface area contributed by atoms with Gasteiger partial charge in [-0.3, -0.25) is 4.79 Å². The number of hydrogen-bond donors (Lipinski definition) is 1. The Morgan fingerprint density at radius 3 is 2.59 bits per heavy atom. The maximum absolute atomic E-state index is 12.1. The molecule has 0 spiro atoms. The van der Waals surface area contributed by atoms with Crippen molar-refractivity contribution in [3.63, 3.8) is 0 Å². The molecule has 6 nitrogen and oxygen atoms in total. The zero-order chi connectivity index (χ0) is 19.9. The van der Waals surface area contributed by atoms with E-state index in [4.69, 9.17) is 4.74 Å². The molecule has 3 aromatic carbocycles. The van der Waals surface area contributed by atoms with Crippen LogP contribution in [-0.4, -0.2) is 21.7 Å². The average molecular weight is 384 g/mol. The van der Waals surface area contributed by atoms with E-state index in [0.29, 0.717) is 6.61 Å². The van der Waals surface area contributed by atoms with Crippen LogP contribution in [-0.2, 0) is 17.9 Å². The first-order chi connectivity index (χ1) is 14.3. The van der Waals surface area contributed by atoms with Crippen molar-refractivity contribution in [1.82, 2.24) is 15.0 Å². The third-order valence-electron chi connectivity index (χ3n) is 4.37. The summed E-state index contributed by atoms with van der Waals surface area (Å²) in [5.41, 5.74) is 6.30. The van der Waals surface area contributed by atoms with E-state index in [-0.39, 0.29) is 12.5 Å². The minimum Gasteiger partial charge on any atom is -0.489 e. The predicted molar refractivity (Wildman–Crippen MR) is 113 cm³/mol. The van der Waals surface area contributed by atoms with Crippen molar-refractivity contribution in [2.24, 2.45) is 5.10 Å². The minimum atomic E-state index is -0.216. The van der Waals surface area contributed by atoms with Crippen molar-refractivity contribution in [3.05, 3.63) is 96.3 Å². The van der Waals surface area contributed by atoms with Gasteiger partial charge in [-0.2, -0.15) is 5.10 Å². The molecule has 1 aromatic heterocycles. The molecular weight excluding hydrogens is 364 g/mol. The van der Waals surface area contributed by atoms with Crippen LogP contribution in [0.15, 0.2) is 90.3 Å². The molecule has 0 unspecified atom stereocenters. The second kappa shape index (κ2) is 8.84. The predicted octanol–water partition coefficient (Wildman–Crippen LogP) is 3.77. The van der Waals surface area contributed by atoms with E-state index in [1.807, 2.05) is 78.9 Å².